The molecule has 0 saturated carbocycles. The van der Waals surface area contributed by atoms with Crippen LogP contribution in [0.15, 0.2) is 53.9 Å². The summed E-state index contributed by atoms with van der Waals surface area (Å²) in [6.07, 6.45) is 5.60. The third-order valence-electron chi connectivity index (χ3n) is 4.83. The van der Waals surface area contributed by atoms with E-state index >= 15 is 0 Å². The van der Waals surface area contributed by atoms with Crippen LogP contribution in [-0.4, -0.2) is 35.4 Å². The number of anilines is 1. The molecule has 0 saturated heterocycles. The number of nitrogens with one attached hydrogen (secondary N) is 1. The number of imidazole rings is 1. The summed E-state index contributed by atoms with van der Waals surface area (Å²) < 4.78 is 12.6. The van der Waals surface area contributed by atoms with Crippen LogP contribution in [-0.2, 0) is 17.6 Å². The molecule has 1 N–H and O–H groups in total. The van der Waals surface area contributed by atoms with E-state index in [1.54, 1.807) is 38.6 Å². The first-order chi connectivity index (χ1) is 14.6. The standard InChI is InChI=1S/C23H27N3O3S/c1-5-16-8-7-9-17(6-2)22(16)26-13-12-24-23(26)30-15-21(27)25-19-11-10-18(28-3)14-20(19)29-4/h7-14H,5-6,15H2,1-4H3,(H,25,27). The van der Waals surface area contributed by atoms with Gasteiger partial charge in [0.1, 0.15) is 11.5 Å². The smallest absolute Gasteiger partial charge is 0.234 e. The van der Waals surface area contributed by atoms with E-state index in [9.17, 15) is 4.79 Å². The first-order valence-corrected chi connectivity index (χ1v) is 10.9. The predicted octanol–water partition coefficient (Wildman–Crippen LogP) is 4.75. The van der Waals surface area contributed by atoms with Crippen molar-refractivity contribution < 1.29 is 14.3 Å². The first-order valence-electron chi connectivity index (χ1n) is 9.90. The molecule has 1 amide bonds. The zero-order valence-corrected chi connectivity index (χ0v) is 18.6. The van der Waals surface area contributed by atoms with E-state index in [2.05, 4.69) is 46.9 Å². The molecular formula is C23H27N3O3S. The van der Waals surface area contributed by atoms with Gasteiger partial charge in [0.25, 0.3) is 0 Å². The summed E-state index contributed by atoms with van der Waals surface area (Å²) in [5.74, 6) is 1.33. The SMILES string of the molecule is CCc1cccc(CC)c1-n1ccnc1SCC(=O)Nc1ccc(OC)cc1OC. The van der Waals surface area contributed by atoms with Gasteiger partial charge in [-0.2, -0.15) is 0 Å². The van der Waals surface area contributed by atoms with E-state index in [0.717, 1.165) is 18.0 Å². The second-order valence-electron chi connectivity index (χ2n) is 6.61. The predicted molar refractivity (Wildman–Crippen MR) is 121 cm³/mol. The van der Waals surface area contributed by atoms with Crippen LogP contribution in [0.4, 0.5) is 5.69 Å². The fourth-order valence-electron chi connectivity index (χ4n) is 3.31. The maximum Gasteiger partial charge on any atom is 0.234 e. The summed E-state index contributed by atoms with van der Waals surface area (Å²) in [4.78, 5) is 17.1. The van der Waals surface area contributed by atoms with Gasteiger partial charge in [-0.05, 0) is 36.1 Å². The molecular weight excluding hydrogens is 398 g/mol. The van der Waals surface area contributed by atoms with Gasteiger partial charge in [-0.3, -0.25) is 9.36 Å². The molecule has 3 aromatic rings. The highest BCUT2D eigenvalue weighted by Crippen LogP contribution is 2.30. The molecule has 0 spiro atoms. The molecule has 158 valence electrons. The lowest BCUT2D eigenvalue weighted by atomic mass is 10.0. The lowest BCUT2D eigenvalue weighted by Gasteiger charge is -2.16. The van der Waals surface area contributed by atoms with E-state index in [-0.39, 0.29) is 11.7 Å². The van der Waals surface area contributed by atoms with Crippen molar-refractivity contribution in [3.63, 3.8) is 0 Å². The molecule has 6 nitrogen and oxygen atoms in total. The van der Waals surface area contributed by atoms with E-state index in [0.29, 0.717) is 17.2 Å². The minimum absolute atomic E-state index is 0.127. The molecule has 1 heterocycles. The van der Waals surface area contributed by atoms with Crippen molar-refractivity contribution in [3.05, 3.63) is 59.9 Å². The van der Waals surface area contributed by atoms with Crippen LogP contribution in [0.1, 0.15) is 25.0 Å². The molecule has 30 heavy (non-hydrogen) atoms. The molecule has 0 bridgehead atoms. The second kappa shape index (κ2) is 10.2. The fraction of sp³-hybridized carbons (Fsp3) is 0.304. The third-order valence-corrected chi connectivity index (χ3v) is 5.79. The van der Waals surface area contributed by atoms with Crippen LogP contribution in [0.3, 0.4) is 0 Å². The summed E-state index contributed by atoms with van der Waals surface area (Å²) in [5.41, 5.74) is 4.31. The van der Waals surface area contributed by atoms with E-state index in [1.165, 1.54) is 28.6 Å². The maximum atomic E-state index is 12.6. The number of para-hydroxylation sites is 1. The Kier molecular flexibility index (Phi) is 7.41. The number of rotatable bonds is 9. The number of hydrogen-bond donors (Lipinski definition) is 1. The van der Waals surface area contributed by atoms with Crippen molar-refractivity contribution >= 4 is 23.4 Å². The van der Waals surface area contributed by atoms with Crippen LogP contribution in [0, 0.1) is 0 Å². The number of nitrogens with zero attached hydrogens (tertiary/aromatic N) is 2. The van der Waals surface area contributed by atoms with Gasteiger partial charge in [0, 0.05) is 18.5 Å². The Bertz CT molecular complexity index is 994. The highest BCUT2D eigenvalue weighted by molar-refractivity contribution is 7.99. The number of hydrogen-bond acceptors (Lipinski definition) is 5. The average Bonchev–Trinajstić information content (AvgIpc) is 3.25. The van der Waals surface area contributed by atoms with Crippen molar-refractivity contribution in [1.82, 2.24) is 9.55 Å². The second-order valence-corrected chi connectivity index (χ2v) is 7.56. The molecule has 3 rings (SSSR count). The number of carbonyl (C=O) groups excluding carboxylic acids is 1. The average molecular weight is 426 g/mol. The largest absolute Gasteiger partial charge is 0.497 e. The quantitative estimate of drug-likeness (QED) is 0.502. The number of carbonyl (C=O) groups is 1. The summed E-state index contributed by atoms with van der Waals surface area (Å²) >= 11 is 1.41. The van der Waals surface area contributed by atoms with E-state index < -0.39 is 0 Å². The van der Waals surface area contributed by atoms with Gasteiger partial charge in [0.15, 0.2) is 5.16 Å². The molecule has 0 aliphatic rings. The Morgan fingerprint density at radius 2 is 1.83 bits per heavy atom. The summed E-state index contributed by atoms with van der Waals surface area (Å²) in [6.45, 7) is 4.30. The summed E-state index contributed by atoms with van der Waals surface area (Å²) in [6, 6.07) is 11.7. The molecule has 0 unspecified atom stereocenters. The normalized spacial score (nSPS) is 10.7. The van der Waals surface area contributed by atoms with Gasteiger partial charge in [0.2, 0.25) is 5.91 Å². The van der Waals surface area contributed by atoms with Crippen LogP contribution in [0.25, 0.3) is 5.69 Å². The number of aryl methyl sites for hydroxylation is 2. The summed E-state index contributed by atoms with van der Waals surface area (Å²) in [7, 11) is 3.15. The Morgan fingerprint density at radius 1 is 1.10 bits per heavy atom. The molecule has 7 heteroatoms. The van der Waals surface area contributed by atoms with Gasteiger partial charge < -0.3 is 14.8 Å². The van der Waals surface area contributed by atoms with Crippen molar-refractivity contribution in [2.75, 3.05) is 25.3 Å². The monoisotopic (exact) mass is 425 g/mol. The molecule has 0 aliphatic heterocycles. The van der Waals surface area contributed by atoms with Gasteiger partial charge in [0.05, 0.1) is 31.3 Å². The maximum absolute atomic E-state index is 12.6. The number of benzene rings is 2. The van der Waals surface area contributed by atoms with Gasteiger partial charge in [-0.15, -0.1) is 0 Å². The van der Waals surface area contributed by atoms with Gasteiger partial charge >= 0.3 is 0 Å². The Balaban J connectivity index is 1.75. The van der Waals surface area contributed by atoms with Crippen LogP contribution in [0.2, 0.25) is 0 Å². The Hall–Kier alpha value is -2.93. The lowest BCUT2D eigenvalue weighted by Crippen LogP contribution is -2.15. The number of methoxy groups -OCH3 is 2. The Labute approximate surface area is 181 Å². The van der Waals surface area contributed by atoms with Crippen LogP contribution in [0.5, 0.6) is 11.5 Å². The molecule has 0 fully saturated rings. The topological polar surface area (TPSA) is 65.4 Å². The molecule has 2 aromatic carbocycles. The Morgan fingerprint density at radius 3 is 2.47 bits per heavy atom. The zero-order valence-electron chi connectivity index (χ0n) is 17.8. The molecule has 1 aromatic heterocycles. The van der Waals surface area contributed by atoms with Crippen LogP contribution < -0.4 is 14.8 Å². The zero-order chi connectivity index (χ0) is 21.5. The van der Waals surface area contributed by atoms with Crippen molar-refractivity contribution in [2.45, 2.75) is 31.8 Å². The van der Waals surface area contributed by atoms with E-state index in [4.69, 9.17) is 9.47 Å². The highest BCUT2D eigenvalue weighted by Gasteiger charge is 2.15. The first kappa shape index (κ1) is 21.8. The number of aromatic nitrogens is 2. The van der Waals surface area contributed by atoms with Gasteiger partial charge in [-0.25, -0.2) is 4.98 Å². The van der Waals surface area contributed by atoms with Crippen molar-refractivity contribution in [1.29, 1.82) is 0 Å². The van der Waals surface area contributed by atoms with Gasteiger partial charge in [-0.1, -0.05) is 43.8 Å². The number of amides is 1. The number of thioether (sulfide) groups is 1. The minimum atomic E-state index is -0.127. The minimum Gasteiger partial charge on any atom is -0.497 e. The van der Waals surface area contributed by atoms with E-state index in [1.807, 2.05) is 6.20 Å². The highest BCUT2D eigenvalue weighted by atomic mass is 32.2. The fourth-order valence-corrected chi connectivity index (χ4v) is 4.07. The molecule has 0 radical (unpaired) electrons. The van der Waals surface area contributed by atoms with Crippen molar-refractivity contribution in [2.24, 2.45) is 0 Å². The molecule has 0 atom stereocenters. The number of ether oxygens (including phenoxy) is 2. The van der Waals surface area contributed by atoms with Crippen molar-refractivity contribution in [3.8, 4) is 17.2 Å². The summed E-state index contributed by atoms with van der Waals surface area (Å²) in [5, 5.41) is 3.70. The lowest BCUT2D eigenvalue weighted by molar-refractivity contribution is -0.113. The van der Waals surface area contributed by atoms with Crippen LogP contribution >= 0.6 is 11.8 Å². The molecule has 0 aliphatic carbocycles. The third kappa shape index (κ3) is 4.79.